The van der Waals surface area contributed by atoms with Gasteiger partial charge in [-0.3, -0.25) is 4.79 Å². The van der Waals surface area contributed by atoms with Gasteiger partial charge in [-0.05, 0) is 13.8 Å². The molecule has 0 bridgehead atoms. The number of halogens is 2. The predicted molar refractivity (Wildman–Crippen MR) is 112 cm³/mol. The van der Waals surface area contributed by atoms with E-state index in [2.05, 4.69) is 26.0 Å². The highest BCUT2D eigenvalue weighted by Crippen LogP contribution is 2.42. The van der Waals surface area contributed by atoms with Crippen molar-refractivity contribution in [3.8, 4) is 11.5 Å². The Balaban J connectivity index is 1.75. The molecule has 4 rings (SSSR count). The summed E-state index contributed by atoms with van der Waals surface area (Å²) in [5.74, 6) is -2.12. The van der Waals surface area contributed by atoms with Gasteiger partial charge in [0.25, 0.3) is 5.91 Å². The molecule has 12 heteroatoms. The number of anilines is 3. The van der Waals surface area contributed by atoms with Crippen LogP contribution < -0.4 is 25.4 Å². The molecular formula is C20H22F2N6O4. The zero-order valence-corrected chi connectivity index (χ0v) is 17.6. The predicted octanol–water partition coefficient (Wildman–Crippen LogP) is 2.06. The summed E-state index contributed by atoms with van der Waals surface area (Å²) in [5.41, 5.74) is -1.08. The summed E-state index contributed by atoms with van der Waals surface area (Å²) >= 11 is 0. The fourth-order valence-corrected chi connectivity index (χ4v) is 3.13. The normalized spacial score (nSPS) is 13.2. The first-order valence-electron chi connectivity index (χ1n) is 9.79. The van der Waals surface area contributed by atoms with Crippen molar-refractivity contribution < 1.29 is 28.2 Å². The van der Waals surface area contributed by atoms with E-state index >= 15 is 0 Å². The number of hydrogen-bond donors (Lipinski definition) is 4. The number of hydrogen-bond acceptors (Lipinski definition) is 8. The SMILES string of the molecule is CNc1cc(Nc2c(F)c(F)cc3c2OCCO3)nc2c(C(=O)NCC(C)(C)O)cnn12. The first kappa shape index (κ1) is 21.6. The Hall–Kier alpha value is -3.67. The lowest BCUT2D eigenvalue weighted by molar-refractivity contribution is 0.0695. The third-order valence-electron chi connectivity index (χ3n) is 4.63. The van der Waals surface area contributed by atoms with Crippen LogP contribution in [-0.4, -0.2) is 58.0 Å². The lowest BCUT2D eigenvalue weighted by Crippen LogP contribution is -2.38. The fraction of sp³-hybridized carbons (Fsp3) is 0.350. The molecule has 0 aliphatic carbocycles. The van der Waals surface area contributed by atoms with Crippen molar-refractivity contribution in [3.63, 3.8) is 0 Å². The summed E-state index contributed by atoms with van der Waals surface area (Å²) in [4.78, 5) is 17.0. The Morgan fingerprint density at radius 2 is 2.03 bits per heavy atom. The molecule has 1 amide bonds. The second-order valence-electron chi connectivity index (χ2n) is 7.76. The van der Waals surface area contributed by atoms with E-state index in [1.807, 2.05) is 0 Å². The van der Waals surface area contributed by atoms with Crippen molar-refractivity contribution in [3.05, 3.63) is 35.5 Å². The molecule has 170 valence electrons. The van der Waals surface area contributed by atoms with Gasteiger partial charge in [-0.2, -0.15) is 9.61 Å². The number of benzene rings is 1. The molecule has 0 fully saturated rings. The number of carbonyl (C=O) groups excluding carboxylic acids is 1. The molecule has 1 aromatic carbocycles. The Bertz CT molecular complexity index is 1190. The van der Waals surface area contributed by atoms with Gasteiger partial charge in [-0.15, -0.1) is 0 Å². The Morgan fingerprint density at radius 1 is 1.28 bits per heavy atom. The van der Waals surface area contributed by atoms with Gasteiger partial charge in [-0.25, -0.2) is 13.8 Å². The maximum Gasteiger partial charge on any atom is 0.256 e. The number of nitrogens with zero attached hydrogens (tertiary/aromatic N) is 3. The Kier molecular flexibility index (Phi) is 5.46. The van der Waals surface area contributed by atoms with E-state index in [9.17, 15) is 18.7 Å². The molecule has 1 aliphatic rings. The second-order valence-corrected chi connectivity index (χ2v) is 7.76. The number of aliphatic hydroxyl groups is 1. The molecule has 10 nitrogen and oxygen atoms in total. The van der Waals surface area contributed by atoms with Crippen LogP contribution in [0.4, 0.5) is 26.1 Å². The van der Waals surface area contributed by atoms with Crippen LogP contribution in [0.25, 0.3) is 5.65 Å². The molecule has 0 unspecified atom stereocenters. The smallest absolute Gasteiger partial charge is 0.256 e. The van der Waals surface area contributed by atoms with Gasteiger partial charge in [0.2, 0.25) is 0 Å². The number of aromatic nitrogens is 3. The van der Waals surface area contributed by atoms with Crippen LogP contribution in [0.2, 0.25) is 0 Å². The van der Waals surface area contributed by atoms with Crippen LogP contribution in [0.5, 0.6) is 11.5 Å². The van der Waals surface area contributed by atoms with Crippen LogP contribution in [0.15, 0.2) is 18.3 Å². The van der Waals surface area contributed by atoms with Gasteiger partial charge in [0.15, 0.2) is 28.8 Å². The molecule has 3 heterocycles. The third kappa shape index (κ3) is 4.08. The Labute approximate surface area is 181 Å². The monoisotopic (exact) mass is 448 g/mol. The molecule has 1 aliphatic heterocycles. The molecular weight excluding hydrogens is 426 g/mol. The minimum atomic E-state index is -1.15. The zero-order chi connectivity index (χ0) is 23.0. The van der Waals surface area contributed by atoms with Crippen molar-refractivity contribution in [1.82, 2.24) is 19.9 Å². The molecule has 32 heavy (non-hydrogen) atoms. The van der Waals surface area contributed by atoms with E-state index in [0.717, 1.165) is 6.07 Å². The maximum absolute atomic E-state index is 14.6. The van der Waals surface area contributed by atoms with Crippen molar-refractivity contribution in [2.75, 3.05) is 37.4 Å². The van der Waals surface area contributed by atoms with Gasteiger partial charge in [0.1, 0.15) is 36.1 Å². The van der Waals surface area contributed by atoms with Crippen molar-refractivity contribution in [2.45, 2.75) is 19.4 Å². The van der Waals surface area contributed by atoms with E-state index in [4.69, 9.17) is 9.47 Å². The zero-order valence-electron chi connectivity index (χ0n) is 17.6. The van der Waals surface area contributed by atoms with Gasteiger partial charge in [-0.1, -0.05) is 0 Å². The second kappa shape index (κ2) is 8.11. The molecule has 0 saturated carbocycles. The molecule has 4 N–H and O–H groups in total. The van der Waals surface area contributed by atoms with E-state index in [1.54, 1.807) is 20.9 Å². The summed E-state index contributed by atoms with van der Waals surface area (Å²) in [7, 11) is 1.63. The highest BCUT2D eigenvalue weighted by atomic mass is 19.2. The lowest BCUT2D eigenvalue weighted by atomic mass is 10.1. The first-order valence-corrected chi connectivity index (χ1v) is 9.79. The van der Waals surface area contributed by atoms with E-state index in [0.29, 0.717) is 5.82 Å². The largest absolute Gasteiger partial charge is 0.486 e. The molecule has 2 aromatic heterocycles. The number of fused-ring (bicyclic) bond motifs is 2. The molecule has 0 spiro atoms. The van der Waals surface area contributed by atoms with Gasteiger partial charge in [0, 0.05) is 25.7 Å². The number of amides is 1. The molecule has 0 radical (unpaired) electrons. The van der Waals surface area contributed by atoms with E-state index in [1.165, 1.54) is 16.8 Å². The standard InChI is InChI=1S/C20H22F2N6O4/c1-20(2,30)9-24-19(29)10-8-25-28-14(23-3)7-13(27-18(10)28)26-16-15(22)11(21)6-12-17(16)32-5-4-31-12/h6-8,23,30H,4-5,9H2,1-3H3,(H,24,29)(H,26,27). The first-order chi connectivity index (χ1) is 15.2. The lowest BCUT2D eigenvalue weighted by Gasteiger charge is -2.22. The van der Waals surface area contributed by atoms with Gasteiger partial charge < -0.3 is 30.5 Å². The summed E-state index contributed by atoms with van der Waals surface area (Å²) in [6.07, 6.45) is 1.33. The van der Waals surface area contributed by atoms with Crippen molar-refractivity contribution in [2.24, 2.45) is 0 Å². The minimum Gasteiger partial charge on any atom is -0.486 e. The topological polar surface area (TPSA) is 122 Å². The number of nitrogens with one attached hydrogen (secondary N) is 3. The van der Waals surface area contributed by atoms with Gasteiger partial charge in [0.05, 0.1) is 11.8 Å². The average Bonchev–Trinajstić information content (AvgIpc) is 3.18. The fourth-order valence-electron chi connectivity index (χ4n) is 3.13. The molecule has 0 atom stereocenters. The van der Waals surface area contributed by atoms with Crippen LogP contribution in [-0.2, 0) is 0 Å². The minimum absolute atomic E-state index is 0.0119. The average molecular weight is 448 g/mol. The van der Waals surface area contributed by atoms with Crippen molar-refractivity contribution >= 4 is 28.9 Å². The summed E-state index contributed by atoms with van der Waals surface area (Å²) in [5, 5.41) is 22.3. The quantitative estimate of drug-likeness (QED) is 0.452. The highest BCUT2D eigenvalue weighted by Gasteiger charge is 2.25. The third-order valence-corrected chi connectivity index (χ3v) is 4.63. The van der Waals surface area contributed by atoms with Crippen LogP contribution in [0.1, 0.15) is 24.2 Å². The number of ether oxygens (including phenoxy) is 2. The van der Waals surface area contributed by atoms with Crippen LogP contribution in [0, 0.1) is 11.6 Å². The van der Waals surface area contributed by atoms with E-state index < -0.39 is 23.1 Å². The summed E-state index contributed by atoms with van der Waals surface area (Å²) in [6, 6.07) is 2.44. The van der Waals surface area contributed by atoms with Gasteiger partial charge >= 0.3 is 0 Å². The van der Waals surface area contributed by atoms with Crippen LogP contribution >= 0.6 is 0 Å². The van der Waals surface area contributed by atoms with Crippen LogP contribution in [0.3, 0.4) is 0 Å². The number of carbonyl (C=O) groups is 1. The maximum atomic E-state index is 14.6. The van der Waals surface area contributed by atoms with E-state index in [-0.39, 0.29) is 54.0 Å². The molecule has 3 aromatic rings. The number of rotatable bonds is 6. The summed E-state index contributed by atoms with van der Waals surface area (Å²) in [6.45, 7) is 3.52. The molecule has 0 saturated heterocycles. The van der Waals surface area contributed by atoms with Crippen molar-refractivity contribution in [1.29, 1.82) is 0 Å². The summed E-state index contributed by atoms with van der Waals surface area (Å²) < 4.78 is 40.9. The Morgan fingerprint density at radius 3 is 2.75 bits per heavy atom. The highest BCUT2D eigenvalue weighted by molar-refractivity contribution is 6.00.